The number of rotatable bonds is 5. The van der Waals surface area contributed by atoms with E-state index in [9.17, 15) is 10.2 Å². The van der Waals surface area contributed by atoms with Gasteiger partial charge in [0.15, 0.2) is 11.5 Å². The number of para-hydroxylation sites is 2. The summed E-state index contributed by atoms with van der Waals surface area (Å²) in [6.07, 6.45) is 2.14. The predicted molar refractivity (Wildman–Crippen MR) is 125 cm³/mol. The largest absolute Gasteiger partial charge is 0.504 e. The van der Waals surface area contributed by atoms with Crippen molar-refractivity contribution in [2.24, 2.45) is 0 Å². The molecule has 14 heteroatoms. The summed E-state index contributed by atoms with van der Waals surface area (Å²) >= 11 is 0. The first-order valence-electron chi connectivity index (χ1n) is 10.4. The van der Waals surface area contributed by atoms with Crippen molar-refractivity contribution < 1.29 is 30.8 Å². The summed E-state index contributed by atoms with van der Waals surface area (Å²) in [5, 5.41) is 46.7. The summed E-state index contributed by atoms with van der Waals surface area (Å²) < 4.78 is 4.35. The third-order valence-corrected chi connectivity index (χ3v) is 5.29. The Morgan fingerprint density at radius 1 is 0.971 bits per heavy atom. The molecule has 0 aliphatic rings. The molecule has 4 N–H and O–H groups in total. The monoisotopic (exact) mass is 490 g/mol. The van der Waals surface area contributed by atoms with Crippen LogP contribution in [-0.4, -0.2) is 62.7 Å². The Hall–Kier alpha value is -4.59. The molecule has 4 aromatic rings. The number of imidazole rings is 2. The van der Waals surface area contributed by atoms with E-state index in [0.717, 1.165) is 41.2 Å². The van der Waals surface area contributed by atoms with Gasteiger partial charge in [0.05, 0.1) is 22.9 Å². The minimum Gasteiger partial charge on any atom is -0.504 e. The van der Waals surface area contributed by atoms with Gasteiger partial charge in [0.25, 0.3) is 10.2 Å². The molecular formula is C21H26N6O8. The molecule has 1 unspecified atom stereocenters. The van der Waals surface area contributed by atoms with Crippen molar-refractivity contribution >= 4 is 16.8 Å². The van der Waals surface area contributed by atoms with Gasteiger partial charge in [-0.25, -0.2) is 4.98 Å². The van der Waals surface area contributed by atoms with E-state index >= 15 is 0 Å². The van der Waals surface area contributed by atoms with Crippen molar-refractivity contribution in [1.29, 1.82) is 0 Å². The first kappa shape index (κ1) is 26.7. The van der Waals surface area contributed by atoms with Crippen LogP contribution >= 0.6 is 0 Å². The smallest absolute Gasteiger partial charge is 0.291 e. The molecule has 0 aliphatic carbocycles. The van der Waals surface area contributed by atoms with Crippen LogP contribution in [0.15, 0.2) is 48.7 Å². The van der Waals surface area contributed by atoms with E-state index in [1.165, 1.54) is 12.1 Å². The van der Waals surface area contributed by atoms with Gasteiger partial charge < -0.3 is 20.6 Å². The number of phenols is 2. The standard InChI is InChI=1S/C21H24N4O2.2HNO3/c1-4-23(5-2)14(3)25-18-9-7-6-8-17(18)24-13-16(22-21(24)25)15-10-11-19(26)20(27)12-15;2*2-1(3)4/h6-14,26-27H,4-5H2,1-3H3;2*(H,2,3,4). The zero-order valence-corrected chi connectivity index (χ0v) is 19.2. The van der Waals surface area contributed by atoms with Gasteiger partial charge in [0.2, 0.25) is 5.78 Å². The van der Waals surface area contributed by atoms with Gasteiger partial charge in [-0.15, -0.1) is 20.2 Å². The third-order valence-electron chi connectivity index (χ3n) is 5.29. The fourth-order valence-corrected chi connectivity index (χ4v) is 3.80. The van der Waals surface area contributed by atoms with Crippen LogP contribution in [0.5, 0.6) is 11.5 Å². The molecule has 4 rings (SSSR count). The van der Waals surface area contributed by atoms with Gasteiger partial charge in [-0.2, -0.15) is 0 Å². The molecule has 0 saturated heterocycles. The van der Waals surface area contributed by atoms with Crippen molar-refractivity contribution in [2.45, 2.75) is 26.9 Å². The van der Waals surface area contributed by atoms with E-state index in [1.54, 1.807) is 6.07 Å². The van der Waals surface area contributed by atoms with Crippen LogP contribution in [0, 0.1) is 20.2 Å². The van der Waals surface area contributed by atoms with Gasteiger partial charge in [0.1, 0.15) is 0 Å². The first-order chi connectivity index (χ1) is 16.5. The van der Waals surface area contributed by atoms with Crippen LogP contribution in [0.4, 0.5) is 0 Å². The van der Waals surface area contributed by atoms with Crippen molar-refractivity contribution in [2.75, 3.05) is 13.1 Å². The fraction of sp³-hybridized carbons (Fsp3) is 0.286. The number of nitrogens with zero attached hydrogens (tertiary/aromatic N) is 6. The highest BCUT2D eigenvalue weighted by Crippen LogP contribution is 2.33. The second kappa shape index (κ2) is 11.5. The molecule has 0 spiro atoms. The van der Waals surface area contributed by atoms with E-state index in [1.807, 2.05) is 18.3 Å². The molecule has 35 heavy (non-hydrogen) atoms. The second-order valence-corrected chi connectivity index (χ2v) is 7.19. The normalized spacial score (nSPS) is 11.4. The van der Waals surface area contributed by atoms with Gasteiger partial charge >= 0.3 is 0 Å². The van der Waals surface area contributed by atoms with E-state index in [4.69, 9.17) is 35.6 Å². The van der Waals surface area contributed by atoms with E-state index in [-0.39, 0.29) is 17.7 Å². The van der Waals surface area contributed by atoms with E-state index in [0.29, 0.717) is 0 Å². The number of fused-ring (bicyclic) bond motifs is 3. The molecule has 1 atom stereocenters. The predicted octanol–water partition coefficient (Wildman–Crippen LogP) is 3.53. The quantitative estimate of drug-likeness (QED) is 0.183. The molecule has 14 nitrogen and oxygen atoms in total. The Bertz CT molecular complexity index is 1290. The maximum atomic E-state index is 9.84. The lowest BCUT2D eigenvalue weighted by Gasteiger charge is -2.28. The lowest BCUT2D eigenvalue weighted by molar-refractivity contribution is -0.742. The number of hydrogen-bond acceptors (Lipinski definition) is 8. The van der Waals surface area contributed by atoms with Crippen molar-refractivity contribution in [3.8, 4) is 22.8 Å². The maximum Gasteiger partial charge on any atom is 0.291 e. The van der Waals surface area contributed by atoms with Crippen molar-refractivity contribution in [1.82, 2.24) is 18.9 Å². The molecule has 2 heterocycles. The second-order valence-electron chi connectivity index (χ2n) is 7.19. The average Bonchev–Trinajstić information content (AvgIpc) is 3.33. The summed E-state index contributed by atoms with van der Waals surface area (Å²) in [7, 11) is 0. The van der Waals surface area contributed by atoms with Crippen LogP contribution in [0.3, 0.4) is 0 Å². The minimum absolute atomic E-state index is 0.132. The third kappa shape index (κ3) is 6.26. The molecule has 0 radical (unpaired) electrons. The minimum atomic E-state index is -1.50. The van der Waals surface area contributed by atoms with Crippen molar-refractivity contribution in [3.05, 3.63) is 68.9 Å². The van der Waals surface area contributed by atoms with Gasteiger partial charge in [-0.3, -0.25) is 13.9 Å². The fourth-order valence-electron chi connectivity index (χ4n) is 3.80. The topological polar surface area (TPSA) is 193 Å². The Labute approximate surface area is 198 Å². The highest BCUT2D eigenvalue weighted by Gasteiger charge is 2.21. The Balaban J connectivity index is 0.000000473. The summed E-state index contributed by atoms with van der Waals surface area (Å²) in [5.74, 6) is 0.584. The highest BCUT2D eigenvalue weighted by molar-refractivity contribution is 5.82. The average molecular weight is 490 g/mol. The zero-order chi connectivity index (χ0) is 26.3. The summed E-state index contributed by atoms with van der Waals surface area (Å²) in [6, 6.07) is 13.1. The lowest BCUT2D eigenvalue weighted by Crippen LogP contribution is -2.30. The lowest BCUT2D eigenvalue weighted by atomic mass is 10.1. The Kier molecular flexibility index (Phi) is 8.77. The molecule has 0 aliphatic heterocycles. The van der Waals surface area contributed by atoms with Crippen LogP contribution < -0.4 is 0 Å². The number of aromatic nitrogens is 3. The number of phenolic OH excluding ortho intramolecular Hbond substituents is 2. The van der Waals surface area contributed by atoms with Gasteiger partial charge in [-0.05, 0) is 50.3 Å². The molecule has 0 fully saturated rings. The summed E-state index contributed by atoms with van der Waals surface area (Å²) in [5.41, 5.74) is 3.75. The molecule has 0 amide bonds. The molecular weight excluding hydrogens is 464 g/mol. The van der Waals surface area contributed by atoms with E-state index < -0.39 is 10.2 Å². The van der Waals surface area contributed by atoms with Crippen molar-refractivity contribution in [3.63, 3.8) is 0 Å². The summed E-state index contributed by atoms with van der Waals surface area (Å²) in [6.45, 7) is 8.43. The molecule has 0 saturated carbocycles. The molecule has 0 bridgehead atoms. The van der Waals surface area contributed by atoms with Crippen LogP contribution in [0.2, 0.25) is 0 Å². The maximum absolute atomic E-state index is 9.84. The highest BCUT2D eigenvalue weighted by atomic mass is 16.9. The number of hydrogen-bond donors (Lipinski definition) is 4. The zero-order valence-electron chi connectivity index (χ0n) is 19.2. The first-order valence-corrected chi connectivity index (χ1v) is 10.4. The van der Waals surface area contributed by atoms with Crippen LogP contribution in [0.25, 0.3) is 28.1 Å². The van der Waals surface area contributed by atoms with Gasteiger partial charge in [-0.1, -0.05) is 26.0 Å². The van der Waals surface area contributed by atoms with E-state index in [2.05, 4.69) is 46.8 Å². The SMILES string of the molecule is CCN(CC)C(C)n1c2ccccc2n2cc(-c3ccc(O)c(O)c3)nc12.O=[N+]([O-])O.O=[N+]([O-])O. The molecule has 2 aromatic carbocycles. The van der Waals surface area contributed by atoms with Crippen LogP contribution in [-0.2, 0) is 0 Å². The summed E-state index contributed by atoms with van der Waals surface area (Å²) in [4.78, 5) is 24.0. The Morgan fingerprint density at radius 3 is 2.03 bits per heavy atom. The molecule has 188 valence electrons. The number of aromatic hydroxyl groups is 2. The van der Waals surface area contributed by atoms with Crippen LogP contribution in [0.1, 0.15) is 26.9 Å². The molecule has 2 aromatic heterocycles. The number of benzene rings is 2. The van der Waals surface area contributed by atoms with Gasteiger partial charge in [0, 0.05) is 11.8 Å². The Morgan fingerprint density at radius 2 is 1.51 bits per heavy atom.